The van der Waals surface area contributed by atoms with Crippen molar-refractivity contribution in [2.45, 2.75) is 25.8 Å². The van der Waals surface area contributed by atoms with E-state index in [1.165, 1.54) is 6.33 Å². The van der Waals surface area contributed by atoms with Gasteiger partial charge in [0.2, 0.25) is 5.91 Å². The molecule has 2 aromatic carbocycles. The van der Waals surface area contributed by atoms with Gasteiger partial charge in [0.05, 0.1) is 22.8 Å². The molecule has 1 N–H and O–H groups in total. The molecule has 1 aliphatic rings. The monoisotopic (exact) mass is 401 g/mol. The van der Waals surface area contributed by atoms with Gasteiger partial charge in [0.25, 0.3) is 0 Å². The highest BCUT2D eigenvalue weighted by molar-refractivity contribution is 6.06. The van der Waals surface area contributed by atoms with Crippen molar-refractivity contribution in [1.29, 1.82) is 5.26 Å². The highest BCUT2D eigenvalue weighted by atomic mass is 16.5. The Morgan fingerprint density at radius 1 is 1.23 bits per heavy atom. The van der Waals surface area contributed by atoms with Gasteiger partial charge < -0.3 is 15.0 Å². The SMILES string of the molecule is CC(C)N(C)CCOc1ccc2c(C3C(=O)Nc4ccc(C#N)cc43)ncnc2c1. The molecule has 1 atom stereocenters. The van der Waals surface area contributed by atoms with Crippen LogP contribution in [0, 0.1) is 11.3 Å². The summed E-state index contributed by atoms with van der Waals surface area (Å²) in [6, 6.07) is 13.4. The van der Waals surface area contributed by atoms with Crippen molar-refractivity contribution in [3.05, 3.63) is 59.5 Å². The number of fused-ring (bicyclic) bond motifs is 2. The zero-order valence-electron chi connectivity index (χ0n) is 17.2. The van der Waals surface area contributed by atoms with Crippen LogP contribution in [0.4, 0.5) is 5.69 Å². The number of ether oxygens (including phenoxy) is 1. The summed E-state index contributed by atoms with van der Waals surface area (Å²) in [6.07, 6.45) is 1.47. The van der Waals surface area contributed by atoms with Gasteiger partial charge in [0, 0.05) is 29.7 Å². The third-order valence-electron chi connectivity index (χ3n) is 5.52. The molecule has 0 saturated heterocycles. The molecule has 7 heteroatoms. The average molecular weight is 401 g/mol. The van der Waals surface area contributed by atoms with Crippen LogP contribution < -0.4 is 10.1 Å². The first kappa shape index (κ1) is 19.8. The maximum atomic E-state index is 12.7. The number of anilines is 1. The second-order valence-corrected chi connectivity index (χ2v) is 7.70. The van der Waals surface area contributed by atoms with Crippen molar-refractivity contribution < 1.29 is 9.53 Å². The number of hydrogen-bond acceptors (Lipinski definition) is 6. The van der Waals surface area contributed by atoms with Crippen LogP contribution >= 0.6 is 0 Å². The van der Waals surface area contributed by atoms with Gasteiger partial charge in [-0.05, 0) is 56.8 Å². The van der Waals surface area contributed by atoms with Crippen molar-refractivity contribution in [2.75, 3.05) is 25.5 Å². The summed E-state index contributed by atoms with van der Waals surface area (Å²) in [5.41, 5.74) is 3.32. The van der Waals surface area contributed by atoms with E-state index < -0.39 is 5.92 Å². The van der Waals surface area contributed by atoms with Gasteiger partial charge in [-0.1, -0.05) is 0 Å². The van der Waals surface area contributed by atoms with Crippen LogP contribution in [0.5, 0.6) is 5.75 Å². The van der Waals surface area contributed by atoms with Crippen LogP contribution in [0.1, 0.15) is 36.6 Å². The number of carbonyl (C=O) groups is 1. The Morgan fingerprint density at radius 2 is 2.07 bits per heavy atom. The molecule has 0 fully saturated rings. The quantitative estimate of drug-likeness (QED) is 0.681. The fourth-order valence-corrected chi connectivity index (χ4v) is 3.55. The Labute approximate surface area is 175 Å². The molecule has 1 aliphatic heterocycles. The zero-order chi connectivity index (χ0) is 21.3. The van der Waals surface area contributed by atoms with Gasteiger partial charge >= 0.3 is 0 Å². The highest BCUT2D eigenvalue weighted by Gasteiger charge is 2.34. The molecule has 30 heavy (non-hydrogen) atoms. The predicted octanol–water partition coefficient (Wildman–Crippen LogP) is 3.30. The summed E-state index contributed by atoms with van der Waals surface area (Å²) in [6.45, 7) is 5.69. The van der Waals surface area contributed by atoms with E-state index in [9.17, 15) is 10.1 Å². The molecule has 1 aromatic heterocycles. The lowest BCUT2D eigenvalue weighted by atomic mass is 9.93. The molecule has 7 nitrogen and oxygen atoms in total. The Hall–Kier alpha value is -3.50. The van der Waals surface area contributed by atoms with Crippen LogP contribution in [0.3, 0.4) is 0 Å². The smallest absolute Gasteiger partial charge is 0.238 e. The lowest BCUT2D eigenvalue weighted by Crippen LogP contribution is -2.30. The number of aromatic nitrogens is 2. The van der Waals surface area contributed by atoms with E-state index in [0.717, 1.165) is 23.2 Å². The first-order valence-corrected chi connectivity index (χ1v) is 9.90. The summed E-state index contributed by atoms with van der Waals surface area (Å²) in [7, 11) is 2.07. The average Bonchev–Trinajstić information content (AvgIpc) is 3.07. The van der Waals surface area contributed by atoms with Crippen molar-refractivity contribution in [1.82, 2.24) is 14.9 Å². The van der Waals surface area contributed by atoms with E-state index >= 15 is 0 Å². The van der Waals surface area contributed by atoms with Crippen molar-refractivity contribution in [3.8, 4) is 11.8 Å². The highest BCUT2D eigenvalue weighted by Crippen LogP contribution is 2.39. The van der Waals surface area contributed by atoms with Crippen molar-refractivity contribution >= 4 is 22.5 Å². The molecule has 1 unspecified atom stereocenters. The number of benzene rings is 2. The van der Waals surface area contributed by atoms with Crippen molar-refractivity contribution in [3.63, 3.8) is 0 Å². The maximum absolute atomic E-state index is 12.7. The van der Waals surface area contributed by atoms with Crippen molar-refractivity contribution in [2.24, 2.45) is 0 Å². The van der Waals surface area contributed by atoms with E-state index in [2.05, 4.69) is 47.1 Å². The summed E-state index contributed by atoms with van der Waals surface area (Å²) in [4.78, 5) is 23.7. The van der Waals surface area contributed by atoms with Crippen LogP contribution in [0.15, 0.2) is 42.7 Å². The first-order chi connectivity index (χ1) is 14.5. The van der Waals surface area contributed by atoms with Gasteiger partial charge in [0.1, 0.15) is 24.6 Å². The molecule has 4 rings (SSSR count). The Bertz CT molecular complexity index is 1150. The van der Waals surface area contributed by atoms with Crippen LogP contribution in [-0.4, -0.2) is 47.0 Å². The minimum Gasteiger partial charge on any atom is -0.492 e. The fourth-order valence-electron chi connectivity index (χ4n) is 3.55. The molecule has 1 amide bonds. The zero-order valence-corrected chi connectivity index (χ0v) is 17.2. The fraction of sp³-hybridized carbons (Fsp3) is 0.304. The Morgan fingerprint density at radius 3 is 2.83 bits per heavy atom. The molecular weight excluding hydrogens is 378 g/mol. The van der Waals surface area contributed by atoms with Gasteiger partial charge in [-0.25, -0.2) is 9.97 Å². The first-order valence-electron chi connectivity index (χ1n) is 9.90. The van der Waals surface area contributed by atoms with Crippen LogP contribution in [0.25, 0.3) is 10.9 Å². The van der Waals surface area contributed by atoms with E-state index in [0.29, 0.717) is 35.1 Å². The summed E-state index contributed by atoms with van der Waals surface area (Å²) >= 11 is 0. The molecule has 0 spiro atoms. The number of likely N-dealkylation sites (N-methyl/N-ethyl adjacent to an activating group) is 1. The molecule has 152 valence electrons. The van der Waals surface area contributed by atoms with Gasteiger partial charge in [-0.2, -0.15) is 5.26 Å². The number of nitriles is 1. The number of nitrogens with zero attached hydrogens (tertiary/aromatic N) is 4. The van der Waals surface area contributed by atoms with E-state index in [1.807, 2.05) is 18.2 Å². The second kappa shape index (κ2) is 8.09. The third kappa shape index (κ3) is 3.70. The van der Waals surface area contributed by atoms with E-state index in [-0.39, 0.29) is 5.91 Å². The maximum Gasteiger partial charge on any atom is 0.238 e. The second-order valence-electron chi connectivity index (χ2n) is 7.70. The lowest BCUT2D eigenvalue weighted by Gasteiger charge is -2.20. The van der Waals surface area contributed by atoms with Crippen LogP contribution in [-0.2, 0) is 4.79 Å². The molecule has 0 saturated carbocycles. The topological polar surface area (TPSA) is 91.1 Å². The minimum absolute atomic E-state index is 0.155. The summed E-state index contributed by atoms with van der Waals surface area (Å²) < 4.78 is 5.89. The predicted molar refractivity (Wildman–Crippen MR) is 114 cm³/mol. The number of rotatable bonds is 6. The molecular formula is C23H23N5O2. The minimum atomic E-state index is -0.578. The summed E-state index contributed by atoms with van der Waals surface area (Å²) in [5.74, 6) is -0.00487. The Balaban J connectivity index is 1.64. The number of amides is 1. The molecule has 0 bridgehead atoms. The number of carbonyl (C=O) groups excluding carboxylic acids is 1. The van der Waals surface area contributed by atoms with Gasteiger partial charge in [0.15, 0.2) is 0 Å². The molecule has 3 aromatic rings. The lowest BCUT2D eigenvalue weighted by molar-refractivity contribution is -0.116. The van der Waals surface area contributed by atoms with Crippen LogP contribution in [0.2, 0.25) is 0 Å². The Kier molecular flexibility index (Phi) is 5.34. The standard InChI is InChI=1S/C23H23N5O2/c1-14(2)28(3)8-9-30-16-5-6-17-20(11-16)25-13-26-22(17)21-18-10-15(12-24)4-7-19(18)27-23(21)29/h4-7,10-11,13-14,21H,8-9H2,1-3H3,(H,27,29). The molecule has 2 heterocycles. The number of hydrogen-bond donors (Lipinski definition) is 1. The normalized spacial score (nSPS) is 15.3. The molecule has 0 aliphatic carbocycles. The van der Waals surface area contributed by atoms with E-state index in [1.54, 1.807) is 18.2 Å². The largest absolute Gasteiger partial charge is 0.492 e. The third-order valence-corrected chi connectivity index (χ3v) is 5.52. The van der Waals surface area contributed by atoms with Gasteiger partial charge in [-0.15, -0.1) is 0 Å². The van der Waals surface area contributed by atoms with Gasteiger partial charge in [-0.3, -0.25) is 4.79 Å². The molecule has 0 radical (unpaired) electrons. The van der Waals surface area contributed by atoms with E-state index in [4.69, 9.17) is 4.74 Å². The number of nitrogens with one attached hydrogen (secondary N) is 1. The summed E-state index contributed by atoms with van der Waals surface area (Å²) in [5, 5.41) is 12.9.